The van der Waals surface area contributed by atoms with Crippen molar-refractivity contribution in [2.75, 3.05) is 0 Å². The van der Waals surface area contributed by atoms with Crippen LogP contribution in [0, 0.1) is 0 Å². The summed E-state index contributed by atoms with van der Waals surface area (Å²) in [5.74, 6) is -0.854. The average Bonchev–Trinajstić information content (AvgIpc) is 2.55. The topological polar surface area (TPSA) is 52.5 Å². The first kappa shape index (κ1) is 8.17. The lowest BCUT2D eigenvalue weighted by Gasteiger charge is -2.07. The van der Waals surface area contributed by atoms with Gasteiger partial charge in [-0.25, -0.2) is 4.99 Å². The Balaban J connectivity index is 2.48. The van der Waals surface area contributed by atoms with Gasteiger partial charge in [-0.2, -0.15) is 0 Å². The van der Waals surface area contributed by atoms with E-state index in [-0.39, 0.29) is 0 Å². The summed E-state index contributed by atoms with van der Waals surface area (Å²) < 4.78 is 0. The first-order valence-electron chi connectivity index (χ1n) is 4.59. The Morgan fingerprint density at radius 1 is 1.07 bits per heavy atom. The maximum Gasteiger partial charge on any atom is 0.277 e. The van der Waals surface area contributed by atoms with E-state index in [0.29, 0.717) is 11.1 Å². The molecule has 0 radical (unpaired) electrons. The van der Waals surface area contributed by atoms with Gasteiger partial charge in [0.25, 0.3) is 5.91 Å². The van der Waals surface area contributed by atoms with E-state index >= 15 is 0 Å². The summed E-state index contributed by atoms with van der Waals surface area (Å²) in [5.41, 5.74) is 0.858. The lowest BCUT2D eigenvalue weighted by Crippen LogP contribution is -2.16. The molecule has 0 atom stereocenters. The lowest BCUT2D eigenvalue weighted by molar-refractivity contribution is -0.212. The van der Waals surface area contributed by atoms with Crippen LogP contribution < -0.4 is 5.11 Å². The van der Waals surface area contributed by atoms with Crippen LogP contribution in [0.1, 0.15) is 15.9 Å². The van der Waals surface area contributed by atoms with Crippen molar-refractivity contribution in [3.63, 3.8) is 0 Å². The summed E-state index contributed by atoms with van der Waals surface area (Å²) in [6.45, 7) is 0. The van der Waals surface area contributed by atoms with E-state index in [1.54, 1.807) is 6.07 Å². The second kappa shape index (κ2) is 2.67. The van der Waals surface area contributed by atoms with Gasteiger partial charge in [0.1, 0.15) is 0 Å². The Bertz CT molecular complexity index is 614. The van der Waals surface area contributed by atoms with Crippen molar-refractivity contribution in [1.29, 1.82) is 0 Å². The Kier molecular flexibility index (Phi) is 1.45. The van der Waals surface area contributed by atoms with E-state index < -0.39 is 11.8 Å². The highest BCUT2D eigenvalue weighted by Gasteiger charge is 2.19. The SMILES string of the molecule is O=C1N=C([O-])c2ccc3ccccc3c21. The Morgan fingerprint density at radius 2 is 1.87 bits per heavy atom. The molecule has 2 aromatic rings. The van der Waals surface area contributed by atoms with E-state index in [9.17, 15) is 9.90 Å². The first-order chi connectivity index (χ1) is 7.27. The third-order valence-electron chi connectivity index (χ3n) is 2.58. The fraction of sp³-hybridized carbons (Fsp3) is 0. The fourth-order valence-corrected chi connectivity index (χ4v) is 1.89. The van der Waals surface area contributed by atoms with Gasteiger partial charge in [-0.15, -0.1) is 0 Å². The van der Waals surface area contributed by atoms with Crippen LogP contribution in [0.25, 0.3) is 10.8 Å². The number of benzene rings is 2. The first-order valence-corrected chi connectivity index (χ1v) is 4.59. The molecule has 72 valence electrons. The zero-order valence-corrected chi connectivity index (χ0v) is 7.73. The molecule has 15 heavy (non-hydrogen) atoms. The molecule has 1 amide bonds. The molecule has 3 heteroatoms. The summed E-state index contributed by atoms with van der Waals surface area (Å²) in [6, 6.07) is 11.0. The zero-order chi connectivity index (χ0) is 10.4. The fourth-order valence-electron chi connectivity index (χ4n) is 1.89. The number of carbonyl (C=O) groups is 1. The lowest BCUT2D eigenvalue weighted by atomic mass is 10.0. The van der Waals surface area contributed by atoms with Gasteiger partial charge >= 0.3 is 0 Å². The van der Waals surface area contributed by atoms with Crippen molar-refractivity contribution in [1.82, 2.24) is 0 Å². The number of hydrogen-bond acceptors (Lipinski definition) is 2. The van der Waals surface area contributed by atoms with Crippen molar-refractivity contribution in [2.24, 2.45) is 4.99 Å². The Labute approximate surface area is 85.7 Å². The second-order valence-electron chi connectivity index (χ2n) is 3.43. The molecule has 0 aromatic heterocycles. The average molecular weight is 196 g/mol. The number of hydrogen-bond donors (Lipinski definition) is 0. The quantitative estimate of drug-likeness (QED) is 0.633. The van der Waals surface area contributed by atoms with Crippen LogP contribution in [0.4, 0.5) is 0 Å². The van der Waals surface area contributed by atoms with Crippen LogP contribution >= 0.6 is 0 Å². The third-order valence-corrected chi connectivity index (χ3v) is 2.58. The van der Waals surface area contributed by atoms with Crippen molar-refractivity contribution in [3.8, 4) is 0 Å². The molecule has 0 unspecified atom stereocenters. The highest BCUT2D eigenvalue weighted by Crippen LogP contribution is 2.26. The molecule has 0 bridgehead atoms. The number of fused-ring (bicyclic) bond motifs is 3. The van der Waals surface area contributed by atoms with Crippen LogP contribution in [-0.2, 0) is 0 Å². The number of aliphatic imine (C=N–C) groups is 1. The molecule has 1 aliphatic rings. The molecule has 0 N–H and O–H groups in total. The molecule has 0 fully saturated rings. The monoisotopic (exact) mass is 196 g/mol. The summed E-state index contributed by atoms with van der Waals surface area (Å²) in [5, 5.41) is 13.1. The highest BCUT2D eigenvalue weighted by molar-refractivity contribution is 6.23. The molecule has 0 aliphatic carbocycles. The van der Waals surface area contributed by atoms with E-state index in [1.165, 1.54) is 0 Å². The van der Waals surface area contributed by atoms with Crippen molar-refractivity contribution < 1.29 is 9.90 Å². The van der Waals surface area contributed by atoms with Crippen LogP contribution in [-0.4, -0.2) is 11.8 Å². The predicted molar refractivity (Wildman–Crippen MR) is 54.8 cm³/mol. The van der Waals surface area contributed by atoms with Gasteiger partial charge in [-0.1, -0.05) is 36.4 Å². The van der Waals surface area contributed by atoms with Crippen molar-refractivity contribution in [3.05, 3.63) is 47.5 Å². The maximum absolute atomic E-state index is 11.5. The number of amides is 1. The normalized spacial score (nSPS) is 14.1. The van der Waals surface area contributed by atoms with Gasteiger partial charge < -0.3 is 5.11 Å². The van der Waals surface area contributed by atoms with E-state index in [0.717, 1.165) is 10.8 Å². The van der Waals surface area contributed by atoms with E-state index in [4.69, 9.17) is 0 Å². The van der Waals surface area contributed by atoms with E-state index in [2.05, 4.69) is 4.99 Å². The zero-order valence-electron chi connectivity index (χ0n) is 7.73. The summed E-state index contributed by atoms with van der Waals surface area (Å²) in [4.78, 5) is 14.9. The molecular weight excluding hydrogens is 190 g/mol. The number of carbonyl (C=O) groups excluding carboxylic acids is 1. The molecule has 2 aromatic carbocycles. The second-order valence-corrected chi connectivity index (χ2v) is 3.43. The molecule has 1 aliphatic heterocycles. The standard InChI is InChI=1S/C12H7NO2/c14-11-9-6-5-7-3-1-2-4-8(7)10(9)12(15)13-11/h1-6H,(H,13,14,15)/p-1. The molecular formula is C12H6NO2-. The Hall–Kier alpha value is -2.16. The van der Waals surface area contributed by atoms with Gasteiger partial charge in [0.05, 0.1) is 5.56 Å². The largest absolute Gasteiger partial charge is 0.858 e. The van der Waals surface area contributed by atoms with Gasteiger partial charge in [-0.05, 0) is 22.2 Å². The number of nitrogens with zero attached hydrogens (tertiary/aromatic N) is 1. The third kappa shape index (κ3) is 1.00. The van der Waals surface area contributed by atoms with Crippen LogP contribution in [0.15, 0.2) is 41.4 Å². The van der Waals surface area contributed by atoms with Crippen LogP contribution in [0.3, 0.4) is 0 Å². The van der Waals surface area contributed by atoms with Gasteiger partial charge in [-0.3, -0.25) is 4.79 Å². The smallest absolute Gasteiger partial charge is 0.277 e. The van der Waals surface area contributed by atoms with Gasteiger partial charge in [0.2, 0.25) is 0 Å². The highest BCUT2D eigenvalue weighted by atomic mass is 16.3. The minimum Gasteiger partial charge on any atom is -0.858 e. The molecule has 3 rings (SSSR count). The van der Waals surface area contributed by atoms with Crippen molar-refractivity contribution in [2.45, 2.75) is 0 Å². The molecule has 0 saturated heterocycles. The summed E-state index contributed by atoms with van der Waals surface area (Å²) in [6.07, 6.45) is 0. The van der Waals surface area contributed by atoms with Gasteiger partial charge in [0.15, 0.2) is 0 Å². The predicted octanol–water partition coefficient (Wildman–Crippen LogP) is 1.10. The van der Waals surface area contributed by atoms with Crippen molar-refractivity contribution >= 4 is 22.6 Å². The van der Waals surface area contributed by atoms with Gasteiger partial charge in [0, 0.05) is 0 Å². The summed E-state index contributed by atoms with van der Waals surface area (Å²) >= 11 is 0. The molecule has 3 nitrogen and oxygen atoms in total. The van der Waals surface area contributed by atoms with E-state index in [1.807, 2.05) is 30.3 Å². The minimum atomic E-state index is -0.430. The number of rotatable bonds is 0. The summed E-state index contributed by atoms with van der Waals surface area (Å²) in [7, 11) is 0. The molecule has 1 heterocycles. The van der Waals surface area contributed by atoms with Crippen LogP contribution in [0.5, 0.6) is 0 Å². The minimum absolute atomic E-state index is 0.415. The maximum atomic E-state index is 11.5. The molecule has 0 spiro atoms. The molecule has 0 saturated carbocycles. The van der Waals surface area contributed by atoms with Crippen LogP contribution in [0.2, 0.25) is 0 Å². The Morgan fingerprint density at radius 3 is 2.73 bits per heavy atom.